The summed E-state index contributed by atoms with van der Waals surface area (Å²) in [5.74, 6) is 0.704. The van der Waals surface area contributed by atoms with E-state index in [4.69, 9.17) is 8.92 Å². The first-order chi connectivity index (χ1) is 13.4. The van der Waals surface area contributed by atoms with Gasteiger partial charge < -0.3 is 9.64 Å². The fourth-order valence-corrected chi connectivity index (χ4v) is 3.70. The van der Waals surface area contributed by atoms with Gasteiger partial charge in [0.25, 0.3) is 10.1 Å². The van der Waals surface area contributed by atoms with E-state index in [9.17, 15) is 26.4 Å². The fraction of sp³-hybridized carbons (Fsp3) is 0.632. The molecule has 164 valence electrons. The Morgan fingerprint density at radius 3 is 2.17 bits per heavy atom. The Bertz CT molecular complexity index is 772. The maximum Gasteiger partial charge on any atom is 0.416 e. The summed E-state index contributed by atoms with van der Waals surface area (Å²) in [6, 6.07) is 3.98. The Morgan fingerprint density at radius 1 is 1.10 bits per heavy atom. The van der Waals surface area contributed by atoms with Crippen molar-refractivity contribution in [3.63, 3.8) is 0 Å². The third kappa shape index (κ3) is 8.22. The highest BCUT2D eigenvalue weighted by molar-refractivity contribution is 7.85. The number of carbonyl (C=O) groups excluding carboxylic acids is 1. The summed E-state index contributed by atoms with van der Waals surface area (Å²) >= 11 is 0. The molecule has 1 aromatic rings. The van der Waals surface area contributed by atoms with Gasteiger partial charge >= 0.3 is 12.3 Å². The highest BCUT2D eigenvalue weighted by Crippen LogP contribution is 2.32. The highest BCUT2D eigenvalue weighted by Gasteiger charge is 2.30. The first-order valence-electron chi connectivity index (χ1n) is 9.38. The monoisotopic (exact) mass is 437 g/mol. The van der Waals surface area contributed by atoms with Gasteiger partial charge in [0.05, 0.1) is 18.4 Å². The molecule has 1 aliphatic carbocycles. The lowest BCUT2D eigenvalue weighted by Gasteiger charge is -2.29. The predicted octanol–water partition coefficient (Wildman–Crippen LogP) is 4.31. The summed E-state index contributed by atoms with van der Waals surface area (Å²) in [5.41, 5.74) is -0.803. The van der Waals surface area contributed by atoms with E-state index in [0.717, 1.165) is 62.6 Å². The van der Waals surface area contributed by atoms with Crippen molar-refractivity contribution in [3.8, 4) is 5.75 Å². The van der Waals surface area contributed by atoms with Crippen LogP contribution in [0, 0.1) is 11.8 Å². The van der Waals surface area contributed by atoms with E-state index in [1.807, 2.05) is 0 Å². The topological polar surface area (TPSA) is 72.9 Å². The molecule has 0 N–H and O–H groups in total. The van der Waals surface area contributed by atoms with Crippen LogP contribution in [0.15, 0.2) is 24.3 Å². The molecule has 0 aromatic heterocycles. The highest BCUT2D eigenvalue weighted by atomic mass is 32.2. The van der Waals surface area contributed by atoms with E-state index >= 15 is 0 Å². The van der Waals surface area contributed by atoms with Crippen molar-refractivity contribution in [2.75, 3.05) is 26.5 Å². The predicted molar refractivity (Wildman–Crippen MR) is 101 cm³/mol. The summed E-state index contributed by atoms with van der Waals surface area (Å²) in [6.07, 6.45) is 0.366. The van der Waals surface area contributed by atoms with Crippen LogP contribution >= 0.6 is 0 Å². The van der Waals surface area contributed by atoms with Gasteiger partial charge in [-0.3, -0.25) is 4.18 Å². The molecule has 1 saturated carbocycles. The molecule has 2 rings (SSSR count). The third-order valence-electron chi connectivity index (χ3n) is 5.06. The lowest BCUT2D eigenvalue weighted by atomic mass is 9.81. The molecule has 1 fully saturated rings. The number of halogens is 3. The summed E-state index contributed by atoms with van der Waals surface area (Å²) in [6.45, 7) is 0.680. The number of hydrogen-bond acceptors (Lipinski definition) is 5. The average Bonchev–Trinajstić information content (AvgIpc) is 2.64. The summed E-state index contributed by atoms with van der Waals surface area (Å²) in [5, 5.41) is 0. The molecule has 10 heteroatoms. The second-order valence-electron chi connectivity index (χ2n) is 7.48. The van der Waals surface area contributed by atoms with Crippen LogP contribution in [-0.2, 0) is 20.5 Å². The van der Waals surface area contributed by atoms with E-state index in [1.165, 1.54) is 4.90 Å². The smallest absolute Gasteiger partial charge is 0.410 e. The standard InChI is InChI=1S/C19H26F3NO5S/c1-23(18(24)28-17-9-7-16(8-10-17)19(20,21)22)12-11-14-3-5-15(6-4-14)13-27-29(2,25)26/h7-10,14-15H,3-6,11-13H2,1-2H3/t14-,15-. The lowest BCUT2D eigenvalue weighted by Crippen LogP contribution is -2.32. The van der Waals surface area contributed by atoms with Crippen LogP contribution in [0.25, 0.3) is 0 Å². The molecule has 1 aliphatic rings. The van der Waals surface area contributed by atoms with Crippen molar-refractivity contribution in [1.29, 1.82) is 0 Å². The van der Waals surface area contributed by atoms with Gasteiger partial charge in [-0.1, -0.05) is 12.8 Å². The zero-order chi connectivity index (χ0) is 21.7. The lowest BCUT2D eigenvalue weighted by molar-refractivity contribution is -0.137. The van der Waals surface area contributed by atoms with Gasteiger partial charge in [-0.05, 0) is 55.4 Å². The van der Waals surface area contributed by atoms with Crippen LogP contribution in [0.3, 0.4) is 0 Å². The SMILES string of the molecule is CN(CC[C@H]1CC[C@H](COS(C)(=O)=O)CC1)C(=O)Oc1ccc(C(F)(F)F)cc1. The minimum atomic E-state index is -4.44. The fourth-order valence-electron chi connectivity index (χ4n) is 3.26. The van der Waals surface area contributed by atoms with Crippen LogP contribution in [0.4, 0.5) is 18.0 Å². The summed E-state index contributed by atoms with van der Waals surface area (Å²) < 4.78 is 69.7. The molecule has 0 heterocycles. The van der Waals surface area contributed by atoms with Crippen molar-refractivity contribution in [2.24, 2.45) is 11.8 Å². The Labute approximate surface area is 169 Å². The van der Waals surface area contributed by atoms with E-state index in [2.05, 4.69) is 0 Å². The molecule has 0 aliphatic heterocycles. The molecule has 0 saturated heterocycles. The minimum absolute atomic E-state index is 0.0567. The number of alkyl halides is 3. The first kappa shape index (κ1) is 23.5. The molecule has 1 aromatic carbocycles. The second kappa shape index (κ2) is 9.80. The van der Waals surface area contributed by atoms with Crippen LogP contribution < -0.4 is 4.74 Å². The maximum atomic E-state index is 12.6. The minimum Gasteiger partial charge on any atom is -0.410 e. The van der Waals surface area contributed by atoms with Gasteiger partial charge in [0, 0.05) is 13.6 Å². The van der Waals surface area contributed by atoms with Crippen molar-refractivity contribution in [3.05, 3.63) is 29.8 Å². The van der Waals surface area contributed by atoms with Crippen molar-refractivity contribution in [2.45, 2.75) is 38.3 Å². The van der Waals surface area contributed by atoms with Crippen LogP contribution in [0.1, 0.15) is 37.7 Å². The zero-order valence-corrected chi connectivity index (χ0v) is 17.3. The zero-order valence-electron chi connectivity index (χ0n) is 16.4. The molecule has 1 amide bonds. The number of benzene rings is 1. The first-order valence-corrected chi connectivity index (χ1v) is 11.2. The van der Waals surface area contributed by atoms with E-state index in [-0.39, 0.29) is 18.3 Å². The molecular weight excluding hydrogens is 411 g/mol. The van der Waals surface area contributed by atoms with E-state index < -0.39 is 28.0 Å². The van der Waals surface area contributed by atoms with E-state index in [1.54, 1.807) is 7.05 Å². The van der Waals surface area contributed by atoms with Gasteiger partial charge in [-0.15, -0.1) is 0 Å². The Balaban J connectivity index is 1.71. The summed E-state index contributed by atoms with van der Waals surface area (Å²) in [4.78, 5) is 13.5. The summed E-state index contributed by atoms with van der Waals surface area (Å²) in [7, 11) is -1.84. The van der Waals surface area contributed by atoms with Gasteiger partial charge in [-0.2, -0.15) is 21.6 Å². The van der Waals surface area contributed by atoms with Crippen LogP contribution in [-0.4, -0.2) is 45.9 Å². The van der Waals surface area contributed by atoms with E-state index in [0.29, 0.717) is 12.5 Å². The molecular formula is C19H26F3NO5S. The number of amides is 1. The molecule has 0 unspecified atom stereocenters. The van der Waals surface area contributed by atoms with Gasteiger partial charge in [-0.25, -0.2) is 4.79 Å². The van der Waals surface area contributed by atoms with Gasteiger partial charge in [0.15, 0.2) is 0 Å². The average molecular weight is 437 g/mol. The number of hydrogen-bond donors (Lipinski definition) is 0. The molecule has 29 heavy (non-hydrogen) atoms. The molecule has 0 atom stereocenters. The number of rotatable bonds is 7. The molecule has 0 radical (unpaired) electrons. The van der Waals surface area contributed by atoms with Crippen molar-refractivity contribution in [1.82, 2.24) is 4.90 Å². The normalized spacial score (nSPS) is 20.3. The van der Waals surface area contributed by atoms with Crippen molar-refractivity contribution < 1.29 is 35.3 Å². The number of ether oxygens (including phenoxy) is 1. The quantitative estimate of drug-likeness (QED) is 0.595. The van der Waals surface area contributed by atoms with Crippen LogP contribution in [0.5, 0.6) is 5.75 Å². The molecule has 0 spiro atoms. The van der Waals surface area contributed by atoms with Gasteiger partial charge in [0.1, 0.15) is 5.75 Å². The Morgan fingerprint density at radius 2 is 1.66 bits per heavy atom. The number of nitrogens with zero attached hydrogens (tertiary/aromatic N) is 1. The Kier molecular flexibility index (Phi) is 7.93. The second-order valence-corrected chi connectivity index (χ2v) is 9.12. The molecule has 6 nitrogen and oxygen atoms in total. The maximum absolute atomic E-state index is 12.6. The third-order valence-corrected chi connectivity index (χ3v) is 5.62. The molecule has 0 bridgehead atoms. The largest absolute Gasteiger partial charge is 0.416 e. The number of carbonyl (C=O) groups is 1. The van der Waals surface area contributed by atoms with Crippen LogP contribution in [0.2, 0.25) is 0 Å². The van der Waals surface area contributed by atoms with Crippen molar-refractivity contribution >= 4 is 16.2 Å². The van der Waals surface area contributed by atoms with Gasteiger partial charge in [0.2, 0.25) is 0 Å². The Hall–Kier alpha value is -1.81.